The summed E-state index contributed by atoms with van der Waals surface area (Å²) in [5, 5.41) is 13.9. The number of rotatable bonds is 5. The fraction of sp³-hybridized carbons (Fsp3) is 0.500. The second-order valence-corrected chi connectivity index (χ2v) is 6.95. The minimum atomic E-state index is 0.244. The summed E-state index contributed by atoms with van der Waals surface area (Å²) in [5.41, 5.74) is 3.89. The number of anilines is 1. The van der Waals surface area contributed by atoms with E-state index >= 15 is 0 Å². The van der Waals surface area contributed by atoms with E-state index in [-0.39, 0.29) is 6.04 Å². The van der Waals surface area contributed by atoms with E-state index in [2.05, 4.69) is 68.3 Å². The first kappa shape index (κ1) is 15.0. The van der Waals surface area contributed by atoms with E-state index in [1.807, 2.05) is 0 Å². The van der Waals surface area contributed by atoms with Gasteiger partial charge in [-0.3, -0.25) is 0 Å². The van der Waals surface area contributed by atoms with Gasteiger partial charge in [0.15, 0.2) is 0 Å². The van der Waals surface area contributed by atoms with Gasteiger partial charge in [-0.2, -0.15) is 0 Å². The third-order valence-electron chi connectivity index (χ3n) is 3.13. The zero-order chi connectivity index (χ0) is 14.7. The van der Waals surface area contributed by atoms with Gasteiger partial charge < -0.3 is 5.32 Å². The lowest BCUT2D eigenvalue weighted by molar-refractivity contribution is 0.640. The molecule has 0 bridgehead atoms. The molecule has 108 valence electrons. The quantitative estimate of drug-likeness (QED) is 0.879. The van der Waals surface area contributed by atoms with Crippen molar-refractivity contribution in [2.24, 2.45) is 5.92 Å². The fourth-order valence-electron chi connectivity index (χ4n) is 2.27. The minimum absolute atomic E-state index is 0.244. The molecular formula is C16H23N3S. The Hall–Kier alpha value is -1.42. The van der Waals surface area contributed by atoms with Crippen LogP contribution in [0.5, 0.6) is 0 Å². The number of aromatic nitrogens is 2. The Kier molecular flexibility index (Phi) is 4.76. The minimum Gasteiger partial charge on any atom is -0.354 e. The van der Waals surface area contributed by atoms with Gasteiger partial charge >= 0.3 is 0 Å². The number of hydrogen-bond donors (Lipinski definition) is 1. The molecule has 1 N–H and O–H groups in total. The Labute approximate surface area is 125 Å². The van der Waals surface area contributed by atoms with Gasteiger partial charge in [0.2, 0.25) is 5.13 Å². The molecule has 0 saturated heterocycles. The summed E-state index contributed by atoms with van der Waals surface area (Å²) in [6.07, 6.45) is 0.997. The van der Waals surface area contributed by atoms with E-state index in [0.29, 0.717) is 5.92 Å². The van der Waals surface area contributed by atoms with E-state index in [9.17, 15) is 0 Å². The van der Waals surface area contributed by atoms with Gasteiger partial charge in [0, 0.05) is 6.42 Å². The van der Waals surface area contributed by atoms with E-state index in [4.69, 9.17) is 0 Å². The molecule has 0 spiro atoms. The molecule has 0 amide bonds. The summed E-state index contributed by atoms with van der Waals surface area (Å²) in [6.45, 7) is 10.8. The Morgan fingerprint density at radius 3 is 2.30 bits per heavy atom. The highest BCUT2D eigenvalue weighted by Gasteiger charge is 2.11. The molecule has 2 rings (SSSR count). The van der Waals surface area contributed by atoms with Crippen molar-refractivity contribution in [1.29, 1.82) is 0 Å². The van der Waals surface area contributed by atoms with E-state index in [1.165, 1.54) is 16.7 Å². The molecule has 0 aliphatic carbocycles. The molecule has 0 fully saturated rings. The largest absolute Gasteiger partial charge is 0.354 e. The summed E-state index contributed by atoms with van der Waals surface area (Å²) in [5.74, 6) is 0.618. The summed E-state index contributed by atoms with van der Waals surface area (Å²) in [4.78, 5) is 0. The highest BCUT2D eigenvalue weighted by Crippen LogP contribution is 2.24. The molecule has 3 nitrogen and oxygen atoms in total. The monoisotopic (exact) mass is 289 g/mol. The van der Waals surface area contributed by atoms with Crippen molar-refractivity contribution in [3.63, 3.8) is 0 Å². The number of hydrogen-bond acceptors (Lipinski definition) is 4. The van der Waals surface area contributed by atoms with Crippen molar-refractivity contribution in [3.05, 3.63) is 39.9 Å². The molecule has 0 saturated carbocycles. The van der Waals surface area contributed by atoms with Crippen molar-refractivity contribution in [3.8, 4) is 0 Å². The zero-order valence-corrected chi connectivity index (χ0v) is 13.7. The smallest absolute Gasteiger partial charge is 0.206 e. The van der Waals surface area contributed by atoms with E-state index in [0.717, 1.165) is 16.6 Å². The Balaban J connectivity index is 2.07. The average Bonchev–Trinajstić information content (AvgIpc) is 2.74. The maximum Gasteiger partial charge on any atom is 0.206 e. The second-order valence-electron chi connectivity index (χ2n) is 5.89. The van der Waals surface area contributed by atoms with Crippen LogP contribution in [0.25, 0.3) is 0 Å². The molecule has 1 aromatic carbocycles. The van der Waals surface area contributed by atoms with Crippen molar-refractivity contribution in [2.75, 3.05) is 5.32 Å². The topological polar surface area (TPSA) is 37.8 Å². The SMILES string of the molecule is Cc1cc(C)cc(C(C)Nc2nnc(CC(C)C)s2)c1. The first-order chi connectivity index (χ1) is 9.44. The molecule has 1 aromatic heterocycles. The van der Waals surface area contributed by atoms with Crippen LogP contribution in [0.15, 0.2) is 18.2 Å². The number of benzene rings is 1. The highest BCUT2D eigenvalue weighted by atomic mass is 32.1. The van der Waals surface area contributed by atoms with Crippen LogP contribution >= 0.6 is 11.3 Å². The molecule has 2 aromatic rings. The van der Waals surface area contributed by atoms with E-state index < -0.39 is 0 Å². The fourth-order valence-corrected chi connectivity index (χ4v) is 3.31. The van der Waals surface area contributed by atoms with Gasteiger partial charge in [0.25, 0.3) is 0 Å². The maximum atomic E-state index is 4.24. The van der Waals surface area contributed by atoms with Crippen molar-refractivity contribution >= 4 is 16.5 Å². The molecule has 0 radical (unpaired) electrons. The molecular weight excluding hydrogens is 266 g/mol. The van der Waals surface area contributed by atoms with Gasteiger partial charge in [-0.05, 0) is 32.3 Å². The van der Waals surface area contributed by atoms with Crippen LogP contribution in [0.3, 0.4) is 0 Å². The van der Waals surface area contributed by atoms with Gasteiger partial charge in [0.05, 0.1) is 6.04 Å². The van der Waals surface area contributed by atoms with Gasteiger partial charge in [-0.1, -0.05) is 54.5 Å². The summed E-state index contributed by atoms with van der Waals surface area (Å²) in [7, 11) is 0. The molecule has 4 heteroatoms. The third kappa shape index (κ3) is 4.04. The summed E-state index contributed by atoms with van der Waals surface area (Å²) >= 11 is 1.66. The van der Waals surface area contributed by atoms with Crippen LogP contribution in [0.1, 0.15) is 48.5 Å². The molecule has 1 atom stereocenters. The van der Waals surface area contributed by atoms with Crippen LogP contribution in [0.2, 0.25) is 0 Å². The Morgan fingerprint density at radius 1 is 1.05 bits per heavy atom. The number of nitrogens with one attached hydrogen (secondary N) is 1. The molecule has 1 unspecified atom stereocenters. The van der Waals surface area contributed by atoms with Crippen LogP contribution in [0, 0.1) is 19.8 Å². The summed E-state index contributed by atoms with van der Waals surface area (Å²) < 4.78 is 0. The molecule has 0 aliphatic heterocycles. The number of aryl methyl sites for hydroxylation is 2. The van der Waals surface area contributed by atoms with Gasteiger partial charge in [0.1, 0.15) is 5.01 Å². The van der Waals surface area contributed by atoms with Crippen LogP contribution < -0.4 is 5.32 Å². The predicted octanol–water partition coefficient (Wildman–Crippen LogP) is 4.53. The van der Waals surface area contributed by atoms with Crippen molar-refractivity contribution < 1.29 is 0 Å². The third-order valence-corrected chi connectivity index (χ3v) is 4.01. The summed E-state index contributed by atoms with van der Waals surface area (Å²) in [6, 6.07) is 6.89. The van der Waals surface area contributed by atoms with Crippen molar-refractivity contribution in [1.82, 2.24) is 10.2 Å². The van der Waals surface area contributed by atoms with Gasteiger partial charge in [-0.25, -0.2) is 0 Å². The predicted molar refractivity (Wildman–Crippen MR) is 86.4 cm³/mol. The lowest BCUT2D eigenvalue weighted by atomic mass is 10.0. The Bertz CT molecular complexity index is 555. The molecule has 20 heavy (non-hydrogen) atoms. The lowest BCUT2D eigenvalue weighted by Crippen LogP contribution is -2.06. The number of nitrogens with zero attached hydrogens (tertiary/aromatic N) is 2. The molecule has 0 aliphatic rings. The van der Waals surface area contributed by atoms with Crippen LogP contribution in [0.4, 0.5) is 5.13 Å². The first-order valence-electron chi connectivity index (χ1n) is 7.11. The van der Waals surface area contributed by atoms with E-state index in [1.54, 1.807) is 11.3 Å². The van der Waals surface area contributed by atoms with Crippen LogP contribution in [-0.4, -0.2) is 10.2 Å². The van der Waals surface area contributed by atoms with Crippen LogP contribution in [-0.2, 0) is 6.42 Å². The Morgan fingerprint density at radius 2 is 1.70 bits per heavy atom. The standard InChI is InChI=1S/C16H23N3S/c1-10(2)6-15-18-19-16(20-15)17-13(5)14-8-11(3)7-12(4)9-14/h7-10,13H,6H2,1-5H3,(H,17,19). The maximum absolute atomic E-state index is 4.24. The lowest BCUT2D eigenvalue weighted by Gasteiger charge is -2.14. The molecule has 1 heterocycles. The normalized spacial score (nSPS) is 12.7. The first-order valence-corrected chi connectivity index (χ1v) is 7.93. The highest BCUT2D eigenvalue weighted by molar-refractivity contribution is 7.15. The average molecular weight is 289 g/mol. The second kappa shape index (κ2) is 6.35. The zero-order valence-electron chi connectivity index (χ0n) is 12.9. The van der Waals surface area contributed by atoms with Crippen molar-refractivity contribution in [2.45, 2.75) is 47.1 Å². The van der Waals surface area contributed by atoms with Gasteiger partial charge in [-0.15, -0.1) is 10.2 Å².